The van der Waals surface area contributed by atoms with Crippen molar-refractivity contribution >= 4 is 17.6 Å². The number of carbonyl (C=O) groups excluding carboxylic acids is 2. The van der Waals surface area contributed by atoms with Crippen LogP contribution in [-0.2, 0) is 39.3 Å². The summed E-state index contributed by atoms with van der Waals surface area (Å²) in [6.45, 7) is 0.372. The van der Waals surface area contributed by atoms with E-state index < -0.39 is 34.9 Å². The molecule has 4 aromatic carbocycles. The van der Waals surface area contributed by atoms with Crippen molar-refractivity contribution in [1.29, 1.82) is 0 Å². The Balaban J connectivity index is 1.29. The van der Waals surface area contributed by atoms with Crippen molar-refractivity contribution in [3.05, 3.63) is 171 Å². The molecule has 0 saturated carbocycles. The van der Waals surface area contributed by atoms with Gasteiger partial charge in [-0.05, 0) is 76.9 Å². The second kappa shape index (κ2) is 11.4. The number of ketones is 2. The Morgan fingerprint density at radius 1 is 0.851 bits per heavy atom. The molecule has 0 radical (unpaired) electrons. The number of allylic oxidation sites excluding steroid dienone is 1. The summed E-state index contributed by atoms with van der Waals surface area (Å²) in [5.41, 5.74) is 4.53. The SMILES string of the molecule is O=C1C=CC2C(=C1OCc1ccccc1)C(=O)C(CCc1cccc(F)c1)CN2C12C(=Cc3ccccc31)Cc1c2ccc(F)c1F. The lowest BCUT2D eigenvalue weighted by Gasteiger charge is -2.51. The molecule has 4 aromatic rings. The molecule has 7 heteroatoms. The van der Waals surface area contributed by atoms with E-state index in [2.05, 4.69) is 4.90 Å². The zero-order chi connectivity index (χ0) is 32.3. The minimum atomic E-state index is -1.01. The molecule has 3 unspecified atom stereocenters. The molecule has 1 aliphatic heterocycles. The molecule has 0 spiro atoms. The van der Waals surface area contributed by atoms with Crippen molar-refractivity contribution in [1.82, 2.24) is 4.90 Å². The summed E-state index contributed by atoms with van der Waals surface area (Å²) in [6.07, 6.45) is 6.26. The second-order valence-electron chi connectivity index (χ2n) is 12.6. The van der Waals surface area contributed by atoms with Crippen LogP contribution in [0.2, 0.25) is 0 Å². The van der Waals surface area contributed by atoms with Crippen molar-refractivity contribution in [2.24, 2.45) is 5.92 Å². The number of ether oxygens (including phenoxy) is 1. The normalized spacial score (nSPS) is 22.9. The lowest BCUT2D eigenvalue weighted by Crippen LogP contribution is -2.59. The number of rotatable bonds is 7. The molecule has 4 aliphatic rings. The molecular weight excluding hydrogens is 599 g/mol. The highest BCUT2D eigenvalue weighted by Gasteiger charge is 2.58. The van der Waals surface area contributed by atoms with Crippen LogP contribution in [0.3, 0.4) is 0 Å². The minimum absolute atomic E-state index is 0.00327. The van der Waals surface area contributed by atoms with E-state index in [1.165, 1.54) is 24.3 Å². The fraction of sp³-hybridized carbons (Fsp3) is 0.200. The fourth-order valence-corrected chi connectivity index (χ4v) is 7.97. The predicted octanol–water partition coefficient (Wildman–Crippen LogP) is 7.41. The average Bonchev–Trinajstić information content (AvgIpc) is 3.58. The molecular formula is C40H30F3NO3. The van der Waals surface area contributed by atoms with Gasteiger partial charge in [0, 0.05) is 18.0 Å². The highest BCUT2D eigenvalue weighted by Crippen LogP contribution is 2.58. The highest BCUT2D eigenvalue weighted by molar-refractivity contribution is 6.13. The lowest BCUT2D eigenvalue weighted by molar-refractivity contribution is -0.126. The Labute approximate surface area is 270 Å². The monoisotopic (exact) mass is 629 g/mol. The Morgan fingerprint density at radius 3 is 2.47 bits per heavy atom. The number of piperidine rings is 1. The Bertz CT molecular complexity index is 2050. The Hall–Kier alpha value is -5.01. The van der Waals surface area contributed by atoms with Gasteiger partial charge in [0.05, 0.1) is 17.2 Å². The van der Waals surface area contributed by atoms with Gasteiger partial charge in [-0.2, -0.15) is 0 Å². The summed E-state index contributed by atoms with van der Waals surface area (Å²) < 4.78 is 50.5. The van der Waals surface area contributed by atoms with E-state index >= 15 is 4.39 Å². The number of hydrogen-bond acceptors (Lipinski definition) is 4. The van der Waals surface area contributed by atoms with Gasteiger partial charge in [0.25, 0.3) is 0 Å². The Kier molecular flexibility index (Phi) is 7.10. The summed E-state index contributed by atoms with van der Waals surface area (Å²) in [6, 6.07) is 25.8. The van der Waals surface area contributed by atoms with Crippen molar-refractivity contribution in [2.45, 2.75) is 37.5 Å². The summed E-state index contributed by atoms with van der Waals surface area (Å²) in [5, 5.41) is 0. The van der Waals surface area contributed by atoms with Gasteiger partial charge < -0.3 is 4.74 Å². The third kappa shape index (κ3) is 4.63. The average molecular weight is 630 g/mol. The number of aryl methyl sites for hydroxylation is 1. The first-order valence-corrected chi connectivity index (χ1v) is 15.8. The van der Waals surface area contributed by atoms with E-state index in [4.69, 9.17) is 4.74 Å². The maximum Gasteiger partial charge on any atom is 0.220 e. The number of fused-ring (bicyclic) bond motifs is 6. The van der Waals surface area contributed by atoms with Crippen LogP contribution in [0, 0.1) is 23.4 Å². The number of likely N-dealkylation sites (tertiary alicyclic amines) is 1. The molecule has 8 rings (SSSR count). The zero-order valence-corrected chi connectivity index (χ0v) is 25.4. The number of nitrogens with zero attached hydrogens (tertiary/aromatic N) is 1. The first-order chi connectivity index (χ1) is 22.9. The molecule has 47 heavy (non-hydrogen) atoms. The molecule has 3 aliphatic carbocycles. The van der Waals surface area contributed by atoms with Gasteiger partial charge in [0.2, 0.25) is 5.78 Å². The van der Waals surface area contributed by atoms with Gasteiger partial charge in [-0.15, -0.1) is 0 Å². The third-order valence-electron chi connectivity index (χ3n) is 10.0. The summed E-state index contributed by atoms with van der Waals surface area (Å²) in [4.78, 5) is 30.2. The molecule has 4 nitrogen and oxygen atoms in total. The Morgan fingerprint density at radius 2 is 1.64 bits per heavy atom. The van der Waals surface area contributed by atoms with Gasteiger partial charge >= 0.3 is 0 Å². The number of benzene rings is 4. The summed E-state index contributed by atoms with van der Waals surface area (Å²) in [7, 11) is 0. The minimum Gasteiger partial charge on any atom is -0.484 e. The predicted molar refractivity (Wildman–Crippen MR) is 171 cm³/mol. The largest absolute Gasteiger partial charge is 0.484 e. The maximum absolute atomic E-state index is 15.5. The van der Waals surface area contributed by atoms with Crippen LogP contribution in [0.15, 0.2) is 120 Å². The first-order valence-electron chi connectivity index (χ1n) is 15.8. The molecule has 0 bridgehead atoms. The quantitative estimate of drug-likeness (QED) is 0.214. The van der Waals surface area contributed by atoms with Crippen molar-refractivity contribution < 1.29 is 27.5 Å². The standard InChI is InChI=1S/C40H30F3NO3/c41-29-11-6-9-24(19-29)13-14-27-22-44(34-17-18-35(45)39(36(34)38(27)46)47-23-25-7-2-1-3-8-25)40-28(20-26-10-4-5-12-31(26)40)21-30-32(40)15-16-33(42)37(30)43/h1-12,15-20,27,34H,13-14,21-23H2. The highest BCUT2D eigenvalue weighted by atomic mass is 19.2. The molecule has 1 fully saturated rings. The van der Waals surface area contributed by atoms with Crippen LogP contribution >= 0.6 is 0 Å². The number of Topliss-reactive ketones (excluding diaryl/α,β-unsaturated/α-hetero) is 1. The van der Waals surface area contributed by atoms with Gasteiger partial charge in [0.1, 0.15) is 12.4 Å². The lowest BCUT2D eigenvalue weighted by atomic mass is 9.74. The van der Waals surface area contributed by atoms with Crippen molar-refractivity contribution in [3.63, 3.8) is 0 Å². The maximum atomic E-state index is 15.5. The molecule has 3 atom stereocenters. The number of hydrogen-bond donors (Lipinski definition) is 0. The fourth-order valence-electron chi connectivity index (χ4n) is 7.97. The van der Waals surface area contributed by atoms with E-state index in [0.717, 1.165) is 27.8 Å². The molecule has 1 heterocycles. The summed E-state index contributed by atoms with van der Waals surface area (Å²) >= 11 is 0. The van der Waals surface area contributed by atoms with E-state index in [0.29, 0.717) is 24.0 Å². The topological polar surface area (TPSA) is 46.6 Å². The van der Waals surface area contributed by atoms with Crippen molar-refractivity contribution in [3.8, 4) is 0 Å². The van der Waals surface area contributed by atoms with E-state index in [9.17, 15) is 18.4 Å². The third-order valence-corrected chi connectivity index (χ3v) is 10.0. The molecule has 0 aromatic heterocycles. The molecule has 1 saturated heterocycles. The smallest absolute Gasteiger partial charge is 0.220 e. The molecule has 234 valence electrons. The molecule has 0 amide bonds. The van der Waals surface area contributed by atoms with Gasteiger partial charge in [0.15, 0.2) is 23.2 Å². The van der Waals surface area contributed by atoms with Crippen LogP contribution in [0.1, 0.15) is 39.8 Å². The van der Waals surface area contributed by atoms with Crippen LogP contribution in [0.25, 0.3) is 6.08 Å². The van der Waals surface area contributed by atoms with E-state index in [-0.39, 0.29) is 42.5 Å². The van der Waals surface area contributed by atoms with Gasteiger partial charge in [-0.1, -0.05) is 84.9 Å². The van der Waals surface area contributed by atoms with Crippen LogP contribution in [-0.4, -0.2) is 29.1 Å². The van der Waals surface area contributed by atoms with Gasteiger partial charge in [-0.3, -0.25) is 14.5 Å². The van der Waals surface area contributed by atoms with Crippen LogP contribution in [0.5, 0.6) is 0 Å². The van der Waals surface area contributed by atoms with Crippen molar-refractivity contribution in [2.75, 3.05) is 6.54 Å². The molecule has 0 N–H and O–H groups in total. The van der Waals surface area contributed by atoms with E-state index in [1.54, 1.807) is 18.2 Å². The van der Waals surface area contributed by atoms with Crippen LogP contribution < -0.4 is 0 Å². The van der Waals surface area contributed by atoms with Crippen LogP contribution in [0.4, 0.5) is 13.2 Å². The zero-order valence-electron chi connectivity index (χ0n) is 25.4. The number of carbonyl (C=O) groups is 2. The van der Waals surface area contributed by atoms with Gasteiger partial charge in [-0.25, -0.2) is 13.2 Å². The summed E-state index contributed by atoms with van der Waals surface area (Å²) in [5.74, 6) is -3.31. The second-order valence-corrected chi connectivity index (χ2v) is 12.6. The number of halogens is 3. The first kappa shape index (κ1) is 29.4. The van der Waals surface area contributed by atoms with E-state index in [1.807, 2.05) is 66.7 Å².